The van der Waals surface area contributed by atoms with E-state index < -0.39 is 23.4 Å². The maximum Gasteiger partial charge on any atom is 0.416 e. The molecule has 0 N–H and O–H groups in total. The molecule has 100 valence electrons. The summed E-state index contributed by atoms with van der Waals surface area (Å²) in [7, 11) is 1.06. The van der Waals surface area contributed by atoms with E-state index in [9.17, 15) is 18.0 Å². The van der Waals surface area contributed by atoms with Crippen LogP contribution in [0.3, 0.4) is 0 Å². The second-order valence-corrected chi connectivity index (χ2v) is 3.33. The topological polar surface area (TPSA) is 75.1 Å². The van der Waals surface area contributed by atoms with E-state index in [4.69, 9.17) is 5.53 Å². The molecule has 0 heterocycles. The fraction of sp³-hybridized carbons (Fsp3) is 0.182. The summed E-state index contributed by atoms with van der Waals surface area (Å²) in [4.78, 5) is 13.6. The van der Waals surface area contributed by atoms with Crippen molar-refractivity contribution >= 4 is 12.0 Å². The number of hydrogen-bond donors (Lipinski definition) is 0. The summed E-state index contributed by atoms with van der Waals surface area (Å²) in [5.74, 6) is -0.935. The average molecular weight is 271 g/mol. The van der Waals surface area contributed by atoms with Crippen LogP contribution in [-0.2, 0) is 15.7 Å². The summed E-state index contributed by atoms with van der Waals surface area (Å²) in [5.41, 5.74) is 7.05. The third kappa shape index (κ3) is 4.04. The Balaban J connectivity index is 3.22. The maximum absolute atomic E-state index is 12.5. The van der Waals surface area contributed by atoms with Gasteiger partial charge in [-0.2, -0.15) is 13.2 Å². The third-order valence-electron chi connectivity index (χ3n) is 2.06. The molecule has 0 aliphatic carbocycles. The van der Waals surface area contributed by atoms with Crippen LogP contribution in [0.4, 0.5) is 13.2 Å². The molecule has 1 aromatic rings. The minimum Gasteiger partial charge on any atom is -0.466 e. The lowest BCUT2D eigenvalue weighted by atomic mass is 10.1. The number of rotatable bonds is 3. The Hall–Kier alpha value is -2.47. The first-order chi connectivity index (χ1) is 8.88. The molecule has 0 unspecified atom stereocenters. The van der Waals surface area contributed by atoms with E-state index in [1.54, 1.807) is 0 Å². The molecule has 1 aromatic carbocycles. The molecule has 19 heavy (non-hydrogen) atoms. The number of hydrogen-bond acceptors (Lipinski definition) is 3. The van der Waals surface area contributed by atoms with Gasteiger partial charge in [-0.15, -0.1) is 0 Å². The first kappa shape index (κ1) is 14.6. The number of benzene rings is 1. The van der Waals surface area contributed by atoms with Crippen LogP contribution in [0.2, 0.25) is 0 Å². The lowest BCUT2D eigenvalue weighted by molar-refractivity contribution is -0.137. The molecule has 0 radical (unpaired) electrons. The van der Waals surface area contributed by atoms with Crippen molar-refractivity contribution in [2.24, 2.45) is 5.11 Å². The quantitative estimate of drug-likeness (QED) is 0.277. The minimum atomic E-state index is -4.49. The molecule has 8 heteroatoms. The number of azide groups is 1. The van der Waals surface area contributed by atoms with Crippen molar-refractivity contribution in [2.75, 3.05) is 7.11 Å². The Morgan fingerprint density at radius 3 is 2.68 bits per heavy atom. The molecule has 0 aliphatic rings. The van der Waals surface area contributed by atoms with Crippen LogP contribution in [0, 0.1) is 0 Å². The van der Waals surface area contributed by atoms with E-state index in [0.29, 0.717) is 0 Å². The van der Waals surface area contributed by atoms with Crippen molar-refractivity contribution in [3.05, 3.63) is 51.5 Å². The van der Waals surface area contributed by atoms with Crippen LogP contribution in [-0.4, -0.2) is 13.1 Å². The fourth-order valence-corrected chi connectivity index (χ4v) is 1.24. The van der Waals surface area contributed by atoms with Gasteiger partial charge in [-0.1, -0.05) is 17.2 Å². The minimum absolute atomic E-state index is 0.0719. The zero-order chi connectivity index (χ0) is 14.5. The summed E-state index contributed by atoms with van der Waals surface area (Å²) >= 11 is 0. The van der Waals surface area contributed by atoms with Crippen LogP contribution in [0.25, 0.3) is 16.5 Å². The Labute approximate surface area is 105 Å². The van der Waals surface area contributed by atoms with Crippen molar-refractivity contribution in [3.8, 4) is 0 Å². The summed E-state index contributed by atoms with van der Waals surface area (Å²) in [5, 5.41) is 3.07. The molecule has 0 fully saturated rings. The lowest BCUT2D eigenvalue weighted by Crippen LogP contribution is -2.05. The van der Waals surface area contributed by atoms with E-state index in [0.717, 1.165) is 25.3 Å². The first-order valence-electron chi connectivity index (χ1n) is 4.91. The lowest BCUT2D eigenvalue weighted by Gasteiger charge is -2.07. The summed E-state index contributed by atoms with van der Waals surface area (Å²) in [6.07, 6.45) is -3.48. The zero-order valence-corrected chi connectivity index (χ0v) is 9.68. The Kier molecular flexibility index (Phi) is 4.55. The number of ether oxygens (including phenoxy) is 1. The van der Waals surface area contributed by atoms with Crippen LogP contribution < -0.4 is 0 Å². The normalized spacial score (nSPS) is 11.7. The molecule has 0 saturated heterocycles. The number of methoxy groups -OCH3 is 1. The highest BCUT2D eigenvalue weighted by atomic mass is 19.4. The Morgan fingerprint density at radius 2 is 2.16 bits per heavy atom. The molecule has 0 atom stereocenters. The van der Waals surface area contributed by atoms with Crippen molar-refractivity contribution < 1.29 is 22.7 Å². The van der Waals surface area contributed by atoms with Gasteiger partial charge < -0.3 is 4.74 Å². The van der Waals surface area contributed by atoms with Crippen molar-refractivity contribution in [1.82, 2.24) is 0 Å². The van der Waals surface area contributed by atoms with Crippen LogP contribution in [0.1, 0.15) is 11.1 Å². The molecule has 0 amide bonds. The molecule has 0 spiro atoms. The van der Waals surface area contributed by atoms with Crippen molar-refractivity contribution in [3.63, 3.8) is 0 Å². The number of alkyl halides is 3. The highest BCUT2D eigenvalue weighted by Gasteiger charge is 2.30. The SMILES string of the molecule is COC(=O)C(=Cc1cccc(C(F)(F)F)c1)N=[N+]=[N-]. The van der Waals surface area contributed by atoms with Gasteiger partial charge in [0.15, 0.2) is 0 Å². The number of esters is 1. The van der Waals surface area contributed by atoms with Gasteiger partial charge in [0, 0.05) is 4.91 Å². The third-order valence-corrected chi connectivity index (χ3v) is 2.06. The highest BCUT2D eigenvalue weighted by Crippen LogP contribution is 2.30. The average Bonchev–Trinajstić information content (AvgIpc) is 2.36. The number of carbonyl (C=O) groups excluding carboxylic acids is 1. The van der Waals surface area contributed by atoms with Crippen molar-refractivity contribution in [2.45, 2.75) is 6.18 Å². The predicted octanol–water partition coefficient (Wildman–Crippen LogP) is 3.53. The molecule has 0 aliphatic heterocycles. The zero-order valence-electron chi connectivity index (χ0n) is 9.68. The van der Waals surface area contributed by atoms with Crippen molar-refractivity contribution in [1.29, 1.82) is 0 Å². The van der Waals surface area contributed by atoms with Gasteiger partial charge in [0.25, 0.3) is 0 Å². The molecular weight excluding hydrogens is 263 g/mol. The standard InChI is InChI=1S/C11H8F3N3O2/c1-19-10(18)9(16-17-15)6-7-3-2-4-8(5-7)11(12,13)14/h2-6H,1H3. The van der Waals surface area contributed by atoms with E-state index >= 15 is 0 Å². The van der Waals surface area contributed by atoms with E-state index in [-0.39, 0.29) is 5.56 Å². The Morgan fingerprint density at radius 1 is 1.47 bits per heavy atom. The summed E-state index contributed by atoms with van der Waals surface area (Å²) in [6.45, 7) is 0. The van der Waals surface area contributed by atoms with Gasteiger partial charge in [-0.05, 0) is 29.3 Å². The van der Waals surface area contributed by atoms with Crippen LogP contribution in [0.5, 0.6) is 0 Å². The molecule has 0 saturated carbocycles. The van der Waals surface area contributed by atoms with Crippen LogP contribution >= 0.6 is 0 Å². The van der Waals surface area contributed by atoms with E-state index in [1.807, 2.05) is 0 Å². The number of carbonyl (C=O) groups is 1. The monoisotopic (exact) mass is 271 g/mol. The smallest absolute Gasteiger partial charge is 0.416 e. The Bertz CT molecular complexity index is 561. The molecule has 0 bridgehead atoms. The summed E-state index contributed by atoms with van der Waals surface area (Å²) in [6, 6.07) is 4.24. The maximum atomic E-state index is 12.5. The molecule has 1 rings (SSSR count). The first-order valence-corrected chi connectivity index (χ1v) is 4.91. The molecule has 0 aromatic heterocycles. The van der Waals surface area contributed by atoms with Gasteiger partial charge in [0.1, 0.15) is 5.70 Å². The van der Waals surface area contributed by atoms with Gasteiger partial charge in [-0.25, -0.2) is 4.79 Å². The second-order valence-electron chi connectivity index (χ2n) is 3.33. The van der Waals surface area contributed by atoms with Gasteiger partial charge in [0.2, 0.25) is 0 Å². The predicted molar refractivity (Wildman–Crippen MR) is 60.6 cm³/mol. The van der Waals surface area contributed by atoms with Crippen LogP contribution in [0.15, 0.2) is 35.1 Å². The largest absolute Gasteiger partial charge is 0.466 e. The number of halogens is 3. The highest BCUT2D eigenvalue weighted by molar-refractivity contribution is 5.93. The molecule has 5 nitrogen and oxygen atoms in total. The second kappa shape index (κ2) is 5.92. The number of nitrogens with zero attached hydrogens (tertiary/aromatic N) is 3. The van der Waals surface area contributed by atoms with Gasteiger partial charge in [-0.3, -0.25) is 0 Å². The van der Waals surface area contributed by atoms with Gasteiger partial charge in [0.05, 0.1) is 12.7 Å². The van der Waals surface area contributed by atoms with Gasteiger partial charge >= 0.3 is 12.1 Å². The summed E-state index contributed by atoms with van der Waals surface area (Å²) < 4.78 is 41.8. The van der Waals surface area contributed by atoms with E-state index in [2.05, 4.69) is 14.8 Å². The fourth-order valence-electron chi connectivity index (χ4n) is 1.24. The molecular formula is C11H8F3N3O2. The van der Waals surface area contributed by atoms with E-state index in [1.165, 1.54) is 12.1 Å².